The van der Waals surface area contributed by atoms with Crippen LogP contribution in [-0.4, -0.2) is 59.7 Å². The van der Waals surface area contributed by atoms with Crippen LogP contribution in [-0.2, 0) is 9.59 Å². The van der Waals surface area contributed by atoms with E-state index in [1.54, 1.807) is 0 Å². The lowest BCUT2D eigenvalue weighted by atomic mass is 10.1. The maximum atomic E-state index is 12.0. The van der Waals surface area contributed by atoms with Crippen molar-refractivity contribution in [2.45, 2.75) is 57.9 Å². The Bertz CT molecular complexity index is 412. The summed E-state index contributed by atoms with van der Waals surface area (Å²) < 4.78 is 23.0. The van der Waals surface area contributed by atoms with Crippen molar-refractivity contribution in [2.75, 3.05) is 27.1 Å². The summed E-state index contributed by atoms with van der Waals surface area (Å²) >= 11 is 0. The molecule has 2 N–H and O–H groups in total. The zero-order valence-electron chi connectivity index (χ0n) is 15.8. The Labute approximate surface area is 126 Å². The lowest BCUT2D eigenvalue weighted by Gasteiger charge is -2.30. The highest BCUT2D eigenvalue weighted by Gasteiger charge is 2.24. The first-order chi connectivity index (χ1) is 10.4. The molecule has 0 aliphatic heterocycles. The Hall–Kier alpha value is -0.940. The third kappa shape index (κ3) is 10.9. The molecule has 0 aromatic carbocycles. The summed E-state index contributed by atoms with van der Waals surface area (Å²) in [6.07, 6.45) is 1.45. The van der Waals surface area contributed by atoms with E-state index in [1.807, 2.05) is 0 Å². The number of quaternary nitrogens is 1. The van der Waals surface area contributed by atoms with Crippen LogP contribution in [0.15, 0.2) is 0 Å². The first-order valence-electron chi connectivity index (χ1n) is 8.66. The summed E-state index contributed by atoms with van der Waals surface area (Å²) in [5.74, 6) is -1.62. The zero-order valence-corrected chi connectivity index (χ0v) is 12.8. The van der Waals surface area contributed by atoms with Crippen molar-refractivity contribution in [3.8, 4) is 0 Å². The van der Waals surface area contributed by atoms with Crippen LogP contribution in [0.4, 0.5) is 0 Å². The van der Waals surface area contributed by atoms with Gasteiger partial charge in [0.15, 0.2) is 5.78 Å². The average molecular weight is 291 g/mol. The fourth-order valence-corrected chi connectivity index (χ4v) is 2.02. The van der Waals surface area contributed by atoms with Gasteiger partial charge in [0.05, 0.1) is 24.6 Å². The average Bonchev–Trinajstić information content (AvgIpc) is 2.35. The molecular weight excluding hydrogens is 258 g/mol. The number of aliphatic hydroxyl groups is 1. The molecule has 5 nitrogen and oxygen atoms in total. The summed E-state index contributed by atoms with van der Waals surface area (Å²) in [4.78, 5) is 22.8. The second-order valence-electron chi connectivity index (χ2n) is 5.68. The Morgan fingerprint density at radius 1 is 1.25 bits per heavy atom. The van der Waals surface area contributed by atoms with Crippen molar-refractivity contribution in [1.29, 1.82) is 0 Å². The lowest BCUT2D eigenvalue weighted by molar-refractivity contribution is -0.885. The number of Topliss-reactive ketones (excluding diaryl/α,β-unsaturated/α-hetero) is 1. The van der Waals surface area contributed by atoms with E-state index in [-0.39, 0.29) is 12.3 Å². The van der Waals surface area contributed by atoms with E-state index in [2.05, 4.69) is 6.92 Å². The number of likely N-dealkylation sites (N-methyl/N-ethyl adjacent to an activating group) is 1. The molecule has 0 heterocycles. The van der Waals surface area contributed by atoms with Gasteiger partial charge in [0, 0.05) is 6.42 Å². The molecule has 118 valence electrons. The fourth-order valence-electron chi connectivity index (χ4n) is 2.02. The minimum atomic E-state index is -2.82. The number of carbonyl (C=O) groups is 2. The number of carbonyl (C=O) groups excluding carboxylic acids is 1. The third-order valence-corrected chi connectivity index (χ3v) is 2.88. The van der Waals surface area contributed by atoms with Crippen molar-refractivity contribution in [3.05, 3.63) is 0 Å². The van der Waals surface area contributed by atoms with Crippen LogP contribution in [0.5, 0.6) is 0 Å². The highest BCUT2D eigenvalue weighted by molar-refractivity contribution is 5.79. The standard InChI is InChI=1S/C15H29NO4/c1-4-5-6-7-8-9-13(17)11-16(2,3)12-14(18)10-15(19)20/h14,18H,4-12H2,1-3H3/p+1/t14-/m1/s1/i12D2,14D. The monoisotopic (exact) mass is 291 g/mol. The molecule has 5 heteroatoms. The zero-order chi connectivity index (χ0) is 18.3. The molecule has 0 saturated carbocycles. The molecular formula is C15H30NO4+. The molecule has 0 saturated heterocycles. The van der Waals surface area contributed by atoms with Gasteiger partial charge in [-0.25, -0.2) is 0 Å². The first-order valence-corrected chi connectivity index (χ1v) is 7.16. The highest BCUT2D eigenvalue weighted by Crippen LogP contribution is 2.08. The van der Waals surface area contributed by atoms with Gasteiger partial charge in [0.1, 0.15) is 19.1 Å². The Morgan fingerprint density at radius 3 is 2.40 bits per heavy atom. The van der Waals surface area contributed by atoms with Gasteiger partial charge in [-0.05, 0) is 6.42 Å². The number of carboxylic acid groups (broad SMARTS) is 1. The van der Waals surface area contributed by atoms with Gasteiger partial charge in [-0.2, -0.15) is 0 Å². The van der Waals surface area contributed by atoms with Crippen LogP contribution in [0.3, 0.4) is 0 Å². The Kier molecular flexibility index (Phi) is 6.93. The number of hydrogen-bond acceptors (Lipinski definition) is 3. The second kappa shape index (κ2) is 9.88. The van der Waals surface area contributed by atoms with E-state index in [1.165, 1.54) is 14.1 Å². The number of rotatable bonds is 12. The van der Waals surface area contributed by atoms with E-state index in [0.717, 1.165) is 32.1 Å². The van der Waals surface area contributed by atoms with Gasteiger partial charge in [0.25, 0.3) is 0 Å². The van der Waals surface area contributed by atoms with Crippen molar-refractivity contribution >= 4 is 11.8 Å². The van der Waals surface area contributed by atoms with Gasteiger partial charge in [-0.3, -0.25) is 9.59 Å². The Morgan fingerprint density at radius 2 is 1.85 bits per heavy atom. The van der Waals surface area contributed by atoms with Crippen LogP contribution in [0.25, 0.3) is 0 Å². The molecule has 0 spiro atoms. The first kappa shape index (κ1) is 14.0. The molecule has 0 bridgehead atoms. The van der Waals surface area contributed by atoms with E-state index in [4.69, 9.17) is 9.22 Å². The molecule has 0 aromatic heterocycles. The van der Waals surface area contributed by atoms with Crippen LogP contribution in [0.2, 0.25) is 0 Å². The summed E-state index contributed by atoms with van der Waals surface area (Å²) in [7, 11) is 2.77. The minimum Gasteiger partial charge on any atom is -0.481 e. The fraction of sp³-hybridized carbons (Fsp3) is 0.867. The predicted octanol–water partition coefficient (Wildman–Crippen LogP) is 1.83. The largest absolute Gasteiger partial charge is 0.481 e. The maximum Gasteiger partial charge on any atom is 0.306 e. The summed E-state index contributed by atoms with van der Waals surface area (Å²) in [5, 5.41) is 18.6. The molecule has 0 aromatic rings. The molecule has 0 rings (SSSR count). The molecule has 0 aliphatic rings. The van der Waals surface area contributed by atoms with Crippen LogP contribution in [0.1, 0.15) is 56.0 Å². The van der Waals surface area contributed by atoms with Gasteiger partial charge in [0.2, 0.25) is 0 Å². The van der Waals surface area contributed by atoms with Gasteiger partial charge in [-0.1, -0.05) is 32.6 Å². The molecule has 0 radical (unpaired) electrons. The number of nitrogens with zero attached hydrogens (tertiary/aromatic N) is 1. The molecule has 1 atom stereocenters. The van der Waals surface area contributed by atoms with E-state index in [0.29, 0.717) is 6.42 Å². The number of ketones is 1. The molecule has 0 amide bonds. The SMILES string of the molecule is [2H]C([2H])([C@]([2H])(O)CC(=O)O)[N+](C)(C)CC(=O)CCCCCCC. The molecule has 0 aliphatic carbocycles. The smallest absolute Gasteiger partial charge is 0.306 e. The topological polar surface area (TPSA) is 74.6 Å². The summed E-state index contributed by atoms with van der Waals surface area (Å²) in [5.41, 5.74) is 0. The molecule has 0 unspecified atom stereocenters. The Balaban J connectivity index is 4.70. The molecule has 20 heavy (non-hydrogen) atoms. The lowest BCUT2D eigenvalue weighted by Crippen LogP contribution is -2.48. The van der Waals surface area contributed by atoms with Gasteiger partial charge >= 0.3 is 5.97 Å². The molecule has 0 fully saturated rings. The maximum absolute atomic E-state index is 12.0. The highest BCUT2D eigenvalue weighted by atomic mass is 16.4. The van der Waals surface area contributed by atoms with Crippen molar-refractivity contribution in [2.24, 2.45) is 0 Å². The second-order valence-corrected chi connectivity index (χ2v) is 5.68. The van der Waals surface area contributed by atoms with Crippen molar-refractivity contribution < 1.29 is 28.4 Å². The van der Waals surface area contributed by atoms with E-state index in [9.17, 15) is 14.7 Å². The summed E-state index contributed by atoms with van der Waals surface area (Å²) in [6.45, 7) is -0.683. The van der Waals surface area contributed by atoms with Gasteiger partial charge < -0.3 is 14.7 Å². The number of hydrogen-bond donors (Lipinski definition) is 2. The summed E-state index contributed by atoms with van der Waals surface area (Å²) in [6, 6.07) is 0. The number of aliphatic carboxylic acids is 1. The van der Waals surface area contributed by atoms with Crippen molar-refractivity contribution in [3.63, 3.8) is 0 Å². The predicted molar refractivity (Wildman–Crippen MR) is 78.5 cm³/mol. The van der Waals surface area contributed by atoms with Crippen LogP contribution < -0.4 is 0 Å². The normalized spacial score (nSPS) is 17.7. The number of unbranched alkanes of at least 4 members (excludes halogenated alkanes) is 4. The van der Waals surface area contributed by atoms with E-state index >= 15 is 0 Å². The minimum absolute atomic E-state index is 0.151. The van der Waals surface area contributed by atoms with Crippen LogP contribution >= 0.6 is 0 Å². The van der Waals surface area contributed by atoms with Crippen LogP contribution in [0, 0.1) is 0 Å². The quantitative estimate of drug-likeness (QED) is 0.425. The third-order valence-electron chi connectivity index (χ3n) is 2.88. The van der Waals surface area contributed by atoms with Gasteiger partial charge in [-0.15, -0.1) is 0 Å². The van der Waals surface area contributed by atoms with E-state index < -0.39 is 29.5 Å². The van der Waals surface area contributed by atoms with Crippen molar-refractivity contribution in [1.82, 2.24) is 0 Å². The number of carboxylic acids is 1.